The van der Waals surface area contributed by atoms with E-state index < -0.39 is 23.5 Å². The van der Waals surface area contributed by atoms with Crippen LogP contribution in [0.5, 0.6) is 5.75 Å². The minimum atomic E-state index is -4.75. The second-order valence-electron chi connectivity index (χ2n) is 7.56. The number of nitrogens with one attached hydrogen (secondary N) is 2. The number of carbonyl (C=O) groups excluding carboxylic acids is 1. The molecular formula is C24H12Cl2F3N3O4. The number of H-pyrrole nitrogens is 1. The summed E-state index contributed by atoms with van der Waals surface area (Å²) in [6, 6.07) is 13.5. The molecule has 0 bridgehead atoms. The highest BCUT2D eigenvalue weighted by molar-refractivity contribution is 6.39. The predicted molar refractivity (Wildman–Crippen MR) is 129 cm³/mol. The molecule has 1 amide bonds. The number of ether oxygens (including phenoxy) is 1. The Kier molecular flexibility index (Phi) is 5.85. The van der Waals surface area contributed by atoms with E-state index in [0.29, 0.717) is 38.5 Å². The third-order valence-electron chi connectivity index (χ3n) is 5.16. The van der Waals surface area contributed by atoms with Gasteiger partial charge in [0.2, 0.25) is 0 Å². The third kappa shape index (κ3) is 4.60. The van der Waals surface area contributed by atoms with Gasteiger partial charge in [-0.05, 0) is 36.4 Å². The van der Waals surface area contributed by atoms with Gasteiger partial charge in [0, 0.05) is 29.3 Å². The van der Waals surface area contributed by atoms with E-state index in [4.69, 9.17) is 32.4 Å². The standard InChI is InChI=1S/C24H12Cl2F3N3O4/c25-15-2-1-3-16(26)21(15)22-31-17-7-5-12(9-18(17)32-22)35-23(34)30-11-4-6-13-14(24(27,28)29)10-20(33)36-19(13)8-11/h1-10H,(H,30,34)(H,31,32). The van der Waals surface area contributed by atoms with Gasteiger partial charge in [-0.2, -0.15) is 13.2 Å². The molecule has 2 heterocycles. The van der Waals surface area contributed by atoms with Crippen molar-refractivity contribution in [1.82, 2.24) is 9.97 Å². The van der Waals surface area contributed by atoms with Crippen LogP contribution in [0.1, 0.15) is 5.56 Å². The lowest BCUT2D eigenvalue weighted by Gasteiger charge is -2.11. The largest absolute Gasteiger partial charge is 0.423 e. The predicted octanol–water partition coefficient (Wildman–Crippen LogP) is 7.27. The van der Waals surface area contributed by atoms with Crippen LogP contribution in [0.3, 0.4) is 0 Å². The molecule has 0 aliphatic rings. The van der Waals surface area contributed by atoms with Gasteiger partial charge in [0.25, 0.3) is 0 Å². The van der Waals surface area contributed by atoms with E-state index in [9.17, 15) is 22.8 Å². The van der Waals surface area contributed by atoms with Crippen molar-refractivity contribution in [1.29, 1.82) is 0 Å². The summed E-state index contributed by atoms with van der Waals surface area (Å²) in [7, 11) is 0. The van der Waals surface area contributed by atoms with Crippen molar-refractivity contribution in [3.05, 3.63) is 86.7 Å². The van der Waals surface area contributed by atoms with Gasteiger partial charge in [0.05, 0.1) is 32.2 Å². The maximum absolute atomic E-state index is 13.2. The molecule has 2 N–H and O–H groups in total. The molecule has 182 valence electrons. The average Bonchev–Trinajstić information content (AvgIpc) is 3.20. The number of imidazole rings is 1. The van der Waals surface area contributed by atoms with E-state index in [0.717, 1.165) is 12.1 Å². The second-order valence-corrected chi connectivity index (χ2v) is 8.38. The molecule has 0 fully saturated rings. The third-order valence-corrected chi connectivity index (χ3v) is 5.79. The maximum Gasteiger partial charge on any atom is 0.417 e. The Labute approximate surface area is 209 Å². The quantitative estimate of drug-likeness (QED) is 0.237. The van der Waals surface area contributed by atoms with Crippen molar-refractivity contribution >= 4 is 57.0 Å². The van der Waals surface area contributed by atoms with Crippen LogP contribution in [0.15, 0.2) is 69.9 Å². The fourth-order valence-electron chi connectivity index (χ4n) is 3.62. The van der Waals surface area contributed by atoms with Gasteiger partial charge in [-0.15, -0.1) is 0 Å². The number of aromatic amines is 1. The highest BCUT2D eigenvalue weighted by Crippen LogP contribution is 2.35. The summed E-state index contributed by atoms with van der Waals surface area (Å²) in [5, 5.41) is 2.89. The second kappa shape index (κ2) is 8.89. The first-order valence-electron chi connectivity index (χ1n) is 10.2. The van der Waals surface area contributed by atoms with Crippen LogP contribution < -0.4 is 15.7 Å². The molecule has 12 heteroatoms. The molecule has 0 saturated heterocycles. The number of hydrogen-bond donors (Lipinski definition) is 2. The van der Waals surface area contributed by atoms with E-state index >= 15 is 0 Å². The Bertz CT molecular complexity index is 1690. The summed E-state index contributed by atoms with van der Waals surface area (Å²) in [5.41, 5.74) is -0.940. The highest BCUT2D eigenvalue weighted by atomic mass is 35.5. The summed E-state index contributed by atoms with van der Waals surface area (Å²) in [5.74, 6) is 0.588. The molecule has 3 aromatic carbocycles. The van der Waals surface area contributed by atoms with E-state index in [2.05, 4.69) is 15.3 Å². The van der Waals surface area contributed by atoms with Crippen molar-refractivity contribution in [3.8, 4) is 17.1 Å². The van der Waals surface area contributed by atoms with Crippen LogP contribution in [0.2, 0.25) is 10.0 Å². The van der Waals surface area contributed by atoms with Crippen LogP contribution in [0.4, 0.5) is 23.7 Å². The van der Waals surface area contributed by atoms with Crippen LogP contribution >= 0.6 is 23.2 Å². The number of benzene rings is 3. The number of hydrogen-bond acceptors (Lipinski definition) is 5. The summed E-state index contributed by atoms with van der Waals surface area (Å²) in [6.45, 7) is 0. The van der Waals surface area contributed by atoms with E-state index in [1.165, 1.54) is 18.2 Å². The molecule has 5 rings (SSSR count). The normalized spacial score (nSPS) is 11.7. The first-order valence-corrected chi connectivity index (χ1v) is 10.9. The molecule has 0 aliphatic carbocycles. The smallest absolute Gasteiger partial charge is 0.417 e. The maximum atomic E-state index is 13.2. The van der Waals surface area contributed by atoms with E-state index in [1.807, 2.05) is 0 Å². The summed E-state index contributed by atoms with van der Waals surface area (Å²) >= 11 is 12.5. The fraction of sp³-hybridized carbons (Fsp3) is 0.0417. The molecule has 36 heavy (non-hydrogen) atoms. The first kappa shape index (κ1) is 23.7. The molecule has 7 nitrogen and oxygen atoms in total. The number of fused-ring (bicyclic) bond motifs is 2. The van der Waals surface area contributed by atoms with Gasteiger partial charge in [0.15, 0.2) is 0 Å². The number of amides is 1. The highest BCUT2D eigenvalue weighted by Gasteiger charge is 2.33. The fourth-order valence-corrected chi connectivity index (χ4v) is 4.20. The Morgan fingerprint density at radius 3 is 2.50 bits per heavy atom. The lowest BCUT2D eigenvalue weighted by atomic mass is 10.1. The first-order chi connectivity index (χ1) is 17.1. The number of aromatic nitrogens is 2. The summed E-state index contributed by atoms with van der Waals surface area (Å²) < 4.78 is 49.8. The number of nitrogens with zero attached hydrogens (tertiary/aromatic N) is 1. The molecule has 0 atom stereocenters. The summed E-state index contributed by atoms with van der Waals surface area (Å²) in [6.07, 6.45) is -5.67. The van der Waals surface area contributed by atoms with Crippen molar-refractivity contribution in [2.24, 2.45) is 0 Å². The Balaban J connectivity index is 1.37. The topological polar surface area (TPSA) is 97.2 Å². The van der Waals surface area contributed by atoms with Gasteiger partial charge in [-0.1, -0.05) is 29.3 Å². The molecule has 0 spiro atoms. The summed E-state index contributed by atoms with van der Waals surface area (Å²) in [4.78, 5) is 31.5. The van der Waals surface area contributed by atoms with Crippen molar-refractivity contribution in [3.63, 3.8) is 0 Å². The van der Waals surface area contributed by atoms with Crippen LogP contribution in [0, 0.1) is 0 Å². The number of carbonyl (C=O) groups is 1. The van der Waals surface area contributed by atoms with Gasteiger partial charge < -0.3 is 14.1 Å². The minimum absolute atomic E-state index is 0.0632. The van der Waals surface area contributed by atoms with Crippen molar-refractivity contribution < 1.29 is 27.1 Å². The molecule has 2 aromatic heterocycles. The SMILES string of the molecule is O=C(Nc1ccc2c(C(F)(F)F)cc(=O)oc2c1)Oc1ccc2nc(-c3c(Cl)cccc3Cl)[nH]c2c1. The van der Waals surface area contributed by atoms with Gasteiger partial charge >= 0.3 is 17.9 Å². The lowest BCUT2D eigenvalue weighted by molar-refractivity contribution is -0.136. The number of halogens is 5. The van der Waals surface area contributed by atoms with Crippen molar-refractivity contribution in [2.75, 3.05) is 5.32 Å². The van der Waals surface area contributed by atoms with Gasteiger partial charge in [0.1, 0.15) is 17.2 Å². The Morgan fingerprint density at radius 2 is 1.78 bits per heavy atom. The van der Waals surface area contributed by atoms with Crippen LogP contribution in [-0.2, 0) is 6.18 Å². The molecule has 0 aliphatic heterocycles. The zero-order chi connectivity index (χ0) is 25.6. The molecule has 0 unspecified atom stereocenters. The van der Waals surface area contributed by atoms with Gasteiger partial charge in [-0.3, -0.25) is 5.32 Å². The molecular weight excluding hydrogens is 522 g/mol. The van der Waals surface area contributed by atoms with Crippen LogP contribution in [0.25, 0.3) is 33.4 Å². The number of anilines is 1. The van der Waals surface area contributed by atoms with Crippen molar-refractivity contribution in [2.45, 2.75) is 6.18 Å². The van der Waals surface area contributed by atoms with Gasteiger partial charge in [-0.25, -0.2) is 14.6 Å². The zero-order valence-corrected chi connectivity index (χ0v) is 19.3. The zero-order valence-electron chi connectivity index (χ0n) is 17.7. The molecule has 0 radical (unpaired) electrons. The molecule has 0 saturated carbocycles. The Hall–Kier alpha value is -4.02. The minimum Gasteiger partial charge on any atom is -0.423 e. The number of rotatable bonds is 3. The monoisotopic (exact) mass is 533 g/mol. The van der Waals surface area contributed by atoms with Crippen LogP contribution in [-0.4, -0.2) is 16.1 Å². The number of alkyl halides is 3. The average molecular weight is 534 g/mol. The van der Waals surface area contributed by atoms with E-state index in [1.54, 1.807) is 24.3 Å². The van der Waals surface area contributed by atoms with E-state index in [-0.39, 0.29) is 22.4 Å². The lowest BCUT2D eigenvalue weighted by Crippen LogP contribution is -2.17. The Morgan fingerprint density at radius 1 is 1.03 bits per heavy atom. The molecule has 5 aromatic rings.